The molecule has 24 heavy (non-hydrogen) atoms. The Morgan fingerprint density at radius 3 is 2.46 bits per heavy atom. The third kappa shape index (κ3) is 3.49. The molecule has 4 heteroatoms. The minimum atomic E-state index is -0.379. The lowest BCUT2D eigenvalue weighted by Gasteiger charge is -2.17. The molecule has 3 aromatic carbocycles. The smallest absolute Gasteiger partial charge is 0.246 e. The number of amides is 1. The molecule has 0 saturated carbocycles. The van der Waals surface area contributed by atoms with Crippen LogP contribution in [0.15, 0.2) is 66.7 Å². The van der Waals surface area contributed by atoms with Crippen LogP contribution in [-0.2, 0) is 4.79 Å². The number of para-hydroxylation sites is 2. The summed E-state index contributed by atoms with van der Waals surface area (Å²) in [6.07, 6.45) is 0. The van der Waals surface area contributed by atoms with Crippen LogP contribution in [0.4, 0.5) is 11.4 Å². The Balaban J connectivity index is 1.71. The van der Waals surface area contributed by atoms with Crippen LogP contribution in [0, 0.1) is 0 Å². The molecule has 0 aromatic heterocycles. The van der Waals surface area contributed by atoms with Crippen LogP contribution < -0.4 is 15.4 Å². The number of hydrogen-bond acceptors (Lipinski definition) is 3. The summed E-state index contributed by atoms with van der Waals surface area (Å²) < 4.78 is 5.26. The van der Waals surface area contributed by atoms with Crippen molar-refractivity contribution in [3.05, 3.63) is 66.7 Å². The molecule has 0 fully saturated rings. The second-order valence-electron chi connectivity index (χ2n) is 5.62. The normalized spacial score (nSPS) is 11.8. The number of carbonyl (C=O) groups excluding carboxylic acids is 1. The number of ether oxygens (including phenoxy) is 1. The van der Waals surface area contributed by atoms with Crippen molar-refractivity contribution in [2.75, 3.05) is 17.7 Å². The number of methoxy groups -OCH3 is 1. The zero-order valence-electron chi connectivity index (χ0n) is 13.7. The van der Waals surface area contributed by atoms with Crippen LogP contribution in [0.5, 0.6) is 5.75 Å². The average Bonchev–Trinajstić information content (AvgIpc) is 2.62. The van der Waals surface area contributed by atoms with E-state index in [1.165, 1.54) is 5.39 Å². The van der Waals surface area contributed by atoms with Crippen molar-refractivity contribution >= 4 is 28.1 Å². The maximum Gasteiger partial charge on any atom is 0.246 e. The van der Waals surface area contributed by atoms with Crippen molar-refractivity contribution in [3.8, 4) is 5.75 Å². The Hall–Kier alpha value is -3.01. The Bertz CT molecular complexity index is 861. The summed E-state index contributed by atoms with van der Waals surface area (Å²) in [5.74, 6) is 0.524. The van der Waals surface area contributed by atoms with Gasteiger partial charge in [0.15, 0.2) is 0 Å². The first-order valence-corrected chi connectivity index (χ1v) is 7.86. The minimum absolute atomic E-state index is 0.118. The zero-order valence-corrected chi connectivity index (χ0v) is 13.7. The second kappa shape index (κ2) is 7.04. The predicted octanol–water partition coefficient (Wildman–Crippen LogP) is 4.29. The van der Waals surface area contributed by atoms with E-state index < -0.39 is 0 Å². The predicted molar refractivity (Wildman–Crippen MR) is 98.7 cm³/mol. The first kappa shape index (κ1) is 15.9. The highest BCUT2D eigenvalue weighted by Gasteiger charge is 2.14. The molecule has 1 atom stereocenters. The fraction of sp³-hybridized carbons (Fsp3) is 0.150. The van der Waals surface area contributed by atoms with Crippen molar-refractivity contribution in [1.29, 1.82) is 0 Å². The lowest BCUT2D eigenvalue weighted by Crippen LogP contribution is -2.31. The molecule has 0 aliphatic heterocycles. The van der Waals surface area contributed by atoms with E-state index in [1.54, 1.807) is 7.11 Å². The van der Waals surface area contributed by atoms with E-state index in [-0.39, 0.29) is 11.9 Å². The molecule has 1 amide bonds. The molecule has 122 valence electrons. The Labute approximate surface area is 141 Å². The number of carbonyl (C=O) groups is 1. The van der Waals surface area contributed by atoms with Gasteiger partial charge in [0, 0.05) is 5.69 Å². The van der Waals surface area contributed by atoms with Crippen LogP contribution in [0.25, 0.3) is 10.8 Å². The minimum Gasteiger partial charge on any atom is -0.495 e. The number of anilines is 2. The van der Waals surface area contributed by atoms with E-state index in [0.717, 1.165) is 11.1 Å². The van der Waals surface area contributed by atoms with Gasteiger partial charge in [0.25, 0.3) is 0 Å². The summed E-state index contributed by atoms with van der Waals surface area (Å²) in [5, 5.41) is 8.44. The lowest BCUT2D eigenvalue weighted by atomic mass is 10.1. The Morgan fingerprint density at radius 1 is 0.958 bits per heavy atom. The van der Waals surface area contributed by atoms with Gasteiger partial charge < -0.3 is 15.4 Å². The molecule has 2 N–H and O–H groups in total. The van der Waals surface area contributed by atoms with Gasteiger partial charge in [0.1, 0.15) is 11.8 Å². The SMILES string of the molecule is COc1ccccc1NC(=O)C(C)Nc1ccc2ccccc2c1. The number of benzene rings is 3. The van der Waals surface area contributed by atoms with Crippen LogP contribution in [0.2, 0.25) is 0 Å². The molecule has 0 saturated heterocycles. The van der Waals surface area contributed by atoms with E-state index in [4.69, 9.17) is 4.74 Å². The monoisotopic (exact) mass is 320 g/mol. The summed E-state index contributed by atoms with van der Waals surface area (Å²) in [6, 6.07) is 21.2. The van der Waals surface area contributed by atoms with Gasteiger partial charge in [-0.3, -0.25) is 4.79 Å². The Morgan fingerprint density at radius 2 is 1.67 bits per heavy atom. The largest absolute Gasteiger partial charge is 0.495 e. The molecule has 0 bridgehead atoms. The van der Waals surface area contributed by atoms with Gasteiger partial charge in [0.05, 0.1) is 12.8 Å². The quantitative estimate of drug-likeness (QED) is 0.737. The van der Waals surface area contributed by atoms with Crippen LogP contribution in [0.3, 0.4) is 0 Å². The molecule has 0 heterocycles. The molecule has 0 aliphatic rings. The van der Waals surface area contributed by atoms with E-state index in [0.29, 0.717) is 11.4 Å². The third-order valence-corrected chi connectivity index (χ3v) is 3.89. The molecule has 0 radical (unpaired) electrons. The number of fused-ring (bicyclic) bond motifs is 1. The molecule has 0 aliphatic carbocycles. The van der Waals surface area contributed by atoms with Crippen molar-refractivity contribution in [2.24, 2.45) is 0 Å². The van der Waals surface area contributed by atoms with E-state index >= 15 is 0 Å². The summed E-state index contributed by atoms with van der Waals surface area (Å²) >= 11 is 0. The molecule has 4 nitrogen and oxygen atoms in total. The topological polar surface area (TPSA) is 50.4 Å². The highest BCUT2D eigenvalue weighted by Crippen LogP contribution is 2.24. The first-order chi connectivity index (χ1) is 11.7. The molecular weight excluding hydrogens is 300 g/mol. The van der Waals surface area contributed by atoms with Gasteiger partial charge in [-0.15, -0.1) is 0 Å². The van der Waals surface area contributed by atoms with Crippen LogP contribution >= 0.6 is 0 Å². The fourth-order valence-electron chi connectivity index (χ4n) is 2.58. The third-order valence-electron chi connectivity index (χ3n) is 3.89. The highest BCUT2D eigenvalue weighted by molar-refractivity contribution is 5.97. The summed E-state index contributed by atoms with van der Waals surface area (Å²) in [4.78, 5) is 12.4. The molecule has 0 spiro atoms. The summed E-state index contributed by atoms with van der Waals surface area (Å²) in [7, 11) is 1.59. The molecular formula is C20H20N2O2. The van der Waals surface area contributed by atoms with E-state index in [9.17, 15) is 4.79 Å². The zero-order chi connectivity index (χ0) is 16.9. The van der Waals surface area contributed by atoms with Crippen molar-refractivity contribution in [1.82, 2.24) is 0 Å². The molecule has 3 rings (SSSR count). The van der Waals surface area contributed by atoms with Crippen LogP contribution in [-0.4, -0.2) is 19.1 Å². The average molecular weight is 320 g/mol. The number of rotatable bonds is 5. The van der Waals surface area contributed by atoms with Gasteiger partial charge in [-0.1, -0.05) is 42.5 Å². The maximum absolute atomic E-state index is 12.4. The second-order valence-corrected chi connectivity index (χ2v) is 5.62. The van der Waals surface area contributed by atoms with Crippen molar-refractivity contribution in [3.63, 3.8) is 0 Å². The van der Waals surface area contributed by atoms with Crippen molar-refractivity contribution < 1.29 is 9.53 Å². The summed E-state index contributed by atoms with van der Waals surface area (Å²) in [6.45, 7) is 1.83. The lowest BCUT2D eigenvalue weighted by molar-refractivity contribution is -0.116. The molecule has 1 unspecified atom stereocenters. The first-order valence-electron chi connectivity index (χ1n) is 7.86. The van der Waals surface area contributed by atoms with Gasteiger partial charge in [-0.25, -0.2) is 0 Å². The highest BCUT2D eigenvalue weighted by atomic mass is 16.5. The number of nitrogens with one attached hydrogen (secondary N) is 2. The van der Waals surface area contributed by atoms with E-state index in [2.05, 4.69) is 22.8 Å². The molecule has 3 aromatic rings. The van der Waals surface area contributed by atoms with Gasteiger partial charge in [-0.05, 0) is 42.0 Å². The van der Waals surface area contributed by atoms with Crippen molar-refractivity contribution in [2.45, 2.75) is 13.0 Å². The number of hydrogen-bond donors (Lipinski definition) is 2. The fourth-order valence-corrected chi connectivity index (χ4v) is 2.58. The van der Waals surface area contributed by atoms with Crippen LogP contribution in [0.1, 0.15) is 6.92 Å². The van der Waals surface area contributed by atoms with E-state index in [1.807, 2.05) is 61.5 Å². The maximum atomic E-state index is 12.4. The van der Waals surface area contributed by atoms with Gasteiger partial charge >= 0.3 is 0 Å². The standard InChI is InChI=1S/C20H20N2O2/c1-14(20(23)22-18-9-5-6-10-19(18)24-2)21-17-12-11-15-7-3-4-8-16(15)13-17/h3-14,21H,1-2H3,(H,22,23). The summed E-state index contributed by atoms with van der Waals surface area (Å²) in [5.41, 5.74) is 1.58. The Kier molecular flexibility index (Phi) is 4.66. The van der Waals surface area contributed by atoms with Gasteiger partial charge in [0.2, 0.25) is 5.91 Å². The van der Waals surface area contributed by atoms with Gasteiger partial charge in [-0.2, -0.15) is 0 Å².